The van der Waals surface area contributed by atoms with Crippen LogP contribution in [0.3, 0.4) is 0 Å². The molecule has 2 aromatic heterocycles. The number of alkyl halides is 3. The highest BCUT2D eigenvalue weighted by atomic mass is 19.4. The first-order valence-electron chi connectivity index (χ1n) is 12.3. The lowest BCUT2D eigenvalue weighted by Crippen LogP contribution is -2.47. The van der Waals surface area contributed by atoms with E-state index in [9.17, 15) is 23.3 Å². The van der Waals surface area contributed by atoms with Gasteiger partial charge in [0, 0.05) is 66.9 Å². The monoisotopic (exact) mass is 548 g/mol. The number of imidazole rings is 1. The quantitative estimate of drug-likeness (QED) is 0.348. The smallest absolute Gasteiger partial charge is 0.444 e. The first kappa shape index (κ1) is 26.5. The number of aryl methyl sites for hydroxylation is 2. The van der Waals surface area contributed by atoms with Crippen molar-refractivity contribution in [2.45, 2.75) is 39.3 Å². The van der Waals surface area contributed by atoms with Gasteiger partial charge in [-0.1, -0.05) is 0 Å². The molecule has 1 atom stereocenters. The summed E-state index contributed by atoms with van der Waals surface area (Å²) in [6.45, 7) is 7.88. The predicted octanol–water partition coefficient (Wildman–Crippen LogP) is 2.97. The molecule has 3 aromatic rings. The maximum atomic E-state index is 12.4. The lowest BCUT2D eigenvalue weighted by molar-refractivity contribution is -0.389. The standard InChI is InChI=1S/C24H27F3N8O4/c1-15-20(11-28-17-12-34-13-21(35(36)37)31-23(34)38-14-17)16(2)30-22(29-15)33-9-7-32(8-10-33)18-3-5-19(6-4-18)39-24(25,26)27/h3-6,13,17,28H,7-12,14H2,1-2H3. The Hall–Kier alpha value is -4.14. The zero-order chi connectivity index (χ0) is 27.7. The van der Waals surface area contributed by atoms with Crippen LogP contribution in [-0.2, 0) is 13.1 Å². The Kier molecular flexibility index (Phi) is 7.16. The van der Waals surface area contributed by atoms with Crippen LogP contribution in [-0.4, -0.2) is 69.6 Å². The van der Waals surface area contributed by atoms with Gasteiger partial charge < -0.3 is 34.7 Å². The molecule has 0 saturated carbocycles. The van der Waals surface area contributed by atoms with E-state index in [4.69, 9.17) is 14.7 Å². The van der Waals surface area contributed by atoms with Gasteiger partial charge in [0.15, 0.2) is 0 Å². The number of hydrogen-bond donors (Lipinski definition) is 1. The maximum absolute atomic E-state index is 12.4. The number of rotatable bonds is 7. The number of nitro groups is 1. The van der Waals surface area contributed by atoms with E-state index in [2.05, 4.69) is 24.8 Å². The second kappa shape index (κ2) is 10.6. The Morgan fingerprint density at radius 3 is 2.33 bits per heavy atom. The average Bonchev–Trinajstić information content (AvgIpc) is 3.32. The largest absolute Gasteiger partial charge is 0.573 e. The van der Waals surface area contributed by atoms with Crippen LogP contribution in [0.25, 0.3) is 0 Å². The molecule has 0 radical (unpaired) electrons. The normalized spacial score (nSPS) is 17.5. The van der Waals surface area contributed by atoms with Crippen molar-refractivity contribution >= 4 is 17.5 Å². The highest BCUT2D eigenvalue weighted by molar-refractivity contribution is 5.51. The topological polar surface area (TPSA) is 124 Å². The molecule has 0 aliphatic carbocycles. The van der Waals surface area contributed by atoms with Gasteiger partial charge in [-0.15, -0.1) is 13.2 Å². The van der Waals surface area contributed by atoms with Crippen LogP contribution in [0, 0.1) is 24.0 Å². The summed E-state index contributed by atoms with van der Waals surface area (Å²) in [5, 5.41) is 14.4. The molecule has 15 heteroatoms. The summed E-state index contributed by atoms with van der Waals surface area (Å²) in [7, 11) is 0. The Labute approximate surface area is 221 Å². The van der Waals surface area contributed by atoms with Crippen LogP contribution < -0.4 is 24.6 Å². The van der Waals surface area contributed by atoms with E-state index in [1.165, 1.54) is 18.3 Å². The average molecular weight is 549 g/mol. The van der Waals surface area contributed by atoms with Crippen molar-refractivity contribution in [3.63, 3.8) is 0 Å². The van der Waals surface area contributed by atoms with Crippen LogP contribution >= 0.6 is 0 Å². The number of nitrogens with zero attached hydrogens (tertiary/aromatic N) is 7. The summed E-state index contributed by atoms with van der Waals surface area (Å²) in [6, 6.07) is 6.05. The summed E-state index contributed by atoms with van der Waals surface area (Å²) < 4.78 is 48.4. The van der Waals surface area contributed by atoms with Gasteiger partial charge in [-0.05, 0) is 43.0 Å². The van der Waals surface area contributed by atoms with Crippen molar-refractivity contribution < 1.29 is 27.6 Å². The molecule has 39 heavy (non-hydrogen) atoms. The van der Waals surface area contributed by atoms with Gasteiger partial charge in [0.05, 0.1) is 6.04 Å². The van der Waals surface area contributed by atoms with Gasteiger partial charge in [-0.3, -0.25) is 4.57 Å². The van der Waals surface area contributed by atoms with E-state index < -0.39 is 11.3 Å². The van der Waals surface area contributed by atoms with Gasteiger partial charge in [0.25, 0.3) is 0 Å². The summed E-state index contributed by atoms with van der Waals surface area (Å²) in [5.41, 5.74) is 3.50. The van der Waals surface area contributed by atoms with Gasteiger partial charge in [-0.25, -0.2) is 9.97 Å². The first-order chi connectivity index (χ1) is 18.6. The molecule has 5 rings (SSSR count). The fourth-order valence-electron chi connectivity index (χ4n) is 4.70. The number of piperazine rings is 1. The van der Waals surface area contributed by atoms with E-state index in [1.807, 2.05) is 13.8 Å². The number of halogens is 3. The molecule has 0 amide bonds. The molecule has 1 saturated heterocycles. The van der Waals surface area contributed by atoms with Gasteiger partial charge in [0.1, 0.15) is 18.6 Å². The fraction of sp³-hybridized carbons (Fsp3) is 0.458. The minimum absolute atomic E-state index is 0.0630. The van der Waals surface area contributed by atoms with Crippen LogP contribution in [0.15, 0.2) is 30.5 Å². The molecule has 4 heterocycles. The number of nitrogens with one attached hydrogen (secondary N) is 1. The number of fused-ring (bicyclic) bond motifs is 1. The molecule has 0 spiro atoms. The Balaban J connectivity index is 1.16. The third-order valence-corrected chi connectivity index (χ3v) is 6.72. The number of aromatic nitrogens is 4. The third kappa shape index (κ3) is 6.13. The number of ether oxygens (including phenoxy) is 2. The zero-order valence-electron chi connectivity index (χ0n) is 21.3. The second-order valence-electron chi connectivity index (χ2n) is 9.37. The highest BCUT2D eigenvalue weighted by Gasteiger charge is 2.31. The Morgan fingerprint density at radius 2 is 1.72 bits per heavy atom. The van der Waals surface area contributed by atoms with Crippen molar-refractivity contribution in [3.05, 3.63) is 57.5 Å². The minimum Gasteiger partial charge on any atom is -0.444 e. The molecule has 1 N–H and O–H groups in total. The lowest BCUT2D eigenvalue weighted by Gasteiger charge is -2.36. The van der Waals surface area contributed by atoms with E-state index in [1.54, 1.807) is 16.7 Å². The van der Waals surface area contributed by atoms with Crippen molar-refractivity contribution in [2.24, 2.45) is 0 Å². The molecule has 2 aliphatic heterocycles. The molecule has 0 bridgehead atoms. The van der Waals surface area contributed by atoms with E-state index in [-0.39, 0.29) is 23.6 Å². The lowest BCUT2D eigenvalue weighted by atomic mass is 10.1. The number of anilines is 2. The third-order valence-electron chi connectivity index (χ3n) is 6.72. The van der Waals surface area contributed by atoms with Crippen molar-refractivity contribution in [3.8, 4) is 11.8 Å². The van der Waals surface area contributed by atoms with Crippen molar-refractivity contribution in [1.29, 1.82) is 0 Å². The predicted molar refractivity (Wildman–Crippen MR) is 134 cm³/mol. The summed E-state index contributed by atoms with van der Waals surface area (Å²) >= 11 is 0. The first-order valence-corrected chi connectivity index (χ1v) is 12.3. The van der Waals surface area contributed by atoms with Gasteiger partial charge in [0.2, 0.25) is 5.95 Å². The van der Waals surface area contributed by atoms with E-state index in [0.717, 1.165) is 22.6 Å². The summed E-state index contributed by atoms with van der Waals surface area (Å²) in [4.78, 5) is 27.9. The zero-order valence-corrected chi connectivity index (χ0v) is 21.3. The minimum atomic E-state index is -4.71. The van der Waals surface area contributed by atoms with Crippen LogP contribution in [0.2, 0.25) is 0 Å². The van der Waals surface area contributed by atoms with Crippen molar-refractivity contribution in [2.75, 3.05) is 42.6 Å². The van der Waals surface area contributed by atoms with Crippen molar-refractivity contribution in [1.82, 2.24) is 24.8 Å². The van der Waals surface area contributed by atoms with E-state index in [0.29, 0.717) is 51.8 Å². The molecule has 1 unspecified atom stereocenters. The van der Waals surface area contributed by atoms with Gasteiger partial charge in [-0.2, -0.15) is 0 Å². The van der Waals surface area contributed by atoms with Gasteiger partial charge >= 0.3 is 18.2 Å². The molecular weight excluding hydrogens is 521 g/mol. The summed E-state index contributed by atoms with van der Waals surface area (Å²) in [5.74, 6) is 0.152. The molecule has 1 fully saturated rings. The summed E-state index contributed by atoms with van der Waals surface area (Å²) in [6.07, 6.45) is -3.34. The fourth-order valence-corrected chi connectivity index (χ4v) is 4.70. The highest BCUT2D eigenvalue weighted by Crippen LogP contribution is 2.27. The molecule has 208 valence electrons. The maximum Gasteiger partial charge on any atom is 0.573 e. The Morgan fingerprint density at radius 1 is 1.08 bits per heavy atom. The molecule has 2 aliphatic rings. The second-order valence-corrected chi connectivity index (χ2v) is 9.37. The molecular formula is C24H27F3N8O4. The Bertz CT molecular complexity index is 1320. The molecule has 12 nitrogen and oxygen atoms in total. The van der Waals surface area contributed by atoms with Crippen LogP contribution in [0.5, 0.6) is 11.8 Å². The SMILES string of the molecule is Cc1nc(N2CCN(c3ccc(OC(F)(F)F)cc3)CC2)nc(C)c1CNC1COc2nc([N+](=O)[O-])cn2C1. The van der Waals surface area contributed by atoms with Crippen LogP contribution in [0.4, 0.5) is 30.6 Å². The van der Waals surface area contributed by atoms with Crippen LogP contribution in [0.1, 0.15) is 17.0 Å². The van der Waals surface area contributed by atoms with E-state index >= 15 is 0 Å². The molecule has 1 aromatic carbocycles. The number of benzene rings is 1. The number of hydrogen-bond acceptors (Lipinski definition) is 10.